The highest BCUT2D eigenvalue weighted by Gasteiger charge is 2.42. The average Bonchev–Trinajstić information content (AvgIpc) is 2.39. The minimum atomic E-state index is -1.45. The highest BCUT2D eigenvalue weighted by molar-refractivity contribution is 5.84. The van der Waals surface area contributed by atoms with Gasteiger partial charge in [-0.3, -0.25) is 4.79 Å². The Morgan fingerprint density at radius 2 is 2.16 bits per heavy atom. The second-order valence-electron chi connectivity index (χ2n) is 4.47. The van der Waals surface area contributed by atoms with E-state index >= 15 is 0 Å². The summed E-state index contributed by atoms with van der Waals surface area (Å²) in [5.74, 6) is -0.638. The Hall–Kier alpha value is -2.04. The monoisotopic (exact) mass is 265 g/mol. The third-order valence-electron chi connectivity index (χ3n) is 3.34. The highest BCUT2D eigenvalue weighted by Crippen LogP contribution is 2.35. The Morgan fingerprint density at radius 3 is 2.58 bits per heavy atom. The first-order valence-corrected chi connectivity index (χ1v) is 6.02. The van der Waals surface area contributed by atoms with Gasteiger partial charge in [-0.2, -0.15) is 0 Å². The molecule has 0 spiro atoms. The van der Waals surface area contributed by atoms with E-state index in [0.717, 1.165) is 5.56 Å². The second kappa shape index (κ2) is 5.73. The molecule has 0 radical (unpaired) electrons. The summed E-state index contributed by atoms with van der Waals surface area (Å²) >= 11 is 0. The number of carbonyl (C=O) groups is 2. The standard InChI is InChI=1S/C14H19NO4/c1-5-15(9-16)14(3,13(17)18)11-8-10(2)6-7-12(11)19-4/h6-9H,5H2,1-4H3,(H,17,18). The molecule has 0 aliphatic rings. The lowest BCUT2D eigenvalue weighted by Gasteiger charge is -2.35. The van der Waals surface area contributed by atoms with Crippen molar-refractivity contribution >= 4 is 12.4 Å². The van der Waals surface area contributed by atoms with Gasteiger partial charge in [0, 0.05) is 12.1 Å². The van der Waals surface area contributed by atoms with Gasteiger partial charge in [0.15, 0.2) is 5.54 Å². The smallest absolute Gasteiger partial charge is 0.334 e. The summed E-state index contributed by atoms with van der Waals surface area (Å²) in [6.45, 7) is 5.40. The van der Waals surface area contributed by atoms with Crippen LogP contribution in [0.1, 0.15) is 25.0 Å². The molecule has 0 fully saturated rings. The van der Waals surface area contributed by atoms with Crippen molar-refractivity contribution in [2.24, 2.45) is 0 Å². The minimum Gasteiger partial charge on any atom is -0.496 e. The first-order chi connectivity index (χ1) is 8.91. The number of ether oxygens (including phenoxy) is 1. The number of hydrogen-bond acceptors (Lipinski definition) is 3. The molecule has 1 N–H and O–H groups in total. The van der Waals surface area contributed by atoms with Crippen LogP contribution in [0.3, 0.4) is 0 Å². The second-order valence-corrected chi connectivity index (χ2v) is 4.47. The van der Waals surface area contributed by atoms with E-state index in [1.807, 2.05) is 13.0 Å². The molecular weight excluding hydrogens is 246 g/mol. The minimum absolute atomic E-state index is 0.295. The maximum absolute atomic E-state index is 11.7. The van der Waals surface area contributed by atoms with Crippen molar-refractivity contribution < 1.29 is 19.4 Å². The summed E-state index contributed by atoms with van der Waals surface area (Å²) < 4.78 is 5.23. The molecule has 1 unspecified atom stereocenters. The number of carboxylic acid groups (broad SMARTS) is 1. The molecule has 1 rings (SSSR count). The quantitative estimate of drug-likeness (QED) is 0.796. The first kappa shape index (κ1) is 15.0. The number of hydrogen-bond donors (Lipinski definition) is 1. The van der Waals surface area contributed by atoms with Crippen LogP contribution in [0.5, 0.6) is 5.75 Å². The van der Waals surface area contributed by atoms with E-state index < -0.39 is 11.5 Å². The number of methoxy groups -OCH3 is 1. The molecule has 0 aromatic heterocycles. The maximum atomic E-state index is 11.7. The zero-order valence-electron chi connectivity index (χ0n) is 11.6. The van der Waals surface area contributed by atoms with Gasteiger partial charge in [0.05, 0.1) is 7.11 Å². The maximum Gasteiger partial charge on any atom is 0.334 e. The summed E-state index contributed by atoms with van der Waals surface area (Å²) in [4.78, 5) is 24.1. The number of amides is 1. The molecule has 0 heterocycles. The molecule has 1 atom stereocenters. The molecule has 1 aromatic carbocycles. The van der Waals surface area contributed by atoms with Crippen LogP contribution in [0, 0.1) is 6.92 Å². The molecule has 1 amide bonds. The molecule has 104 valence electrons. The predicted molar refractivity (Wildman–Crippen MR) is 71.2 cm³/mol. The number of likely N-dealkylation sites (N-methyl/N-ethyl adjacent to an activating group) is 1. The summed E-state index contributed by atoms with van der Waals surface area (Å²) in [7, 11) is 1.48. The van der Waals surface area contributed by atoms with Gasteiger partial charge in [-0.05, 0) is 32.9 Å². The predicted octanol–water partition coefficient (Wildman–Crippen LogP) is 1.78. The largest absolute Gasteiger partial charge is 0.496 e. The van der Waals surface area contributed by atoms with Crippen molar-refractivity contribution in [3.8, 4) is 5.75 Å². The van der Waals surface area contributed by atoms with Gasteiger partial charge in [-0.1, -0.05) is 11.6 Å². The fraction of sp³-hybridized carbons (Fsp3) is 0.429. The Morgan fingerprint density at radius 1 is 1.53 bits per heavy atom. The summed E-state index contributed by atoms with van der Waals surface area (Å²) in [6.07, 6.45) is 0.551. The molecule has 1 aromatic rings. The van der Waals surface area contributed by atoms with Crippen molar-refractivity contribution in [3.63, 3.8) is 0 Å². The normalized spacial score (nSPS) is 13.5. The molecule has 0 aliphatic heterocycles. The molecule has 5 heteroatoms. The fourth-order valence-electron chi connectivity index (χ4n) is 2.09. The first-order valence-electron chi connectivity index (χ1n) is 6.02. The Balaban J connectivity index is 3.54. The van der Waals surface area contributed by atoms with E-state index in [-0.39, 0.29) is 0 Å². The summed E-state index contributed by atoms with van der Waals surface area (Å²) in [5, 5.41) is 9.57. The number of carboxylic acids is 1. The van der Waals surface area contributed by atoms with Crippen LogP contribution in [0.2, 0.25) is 0 Å². The van der Waals surface area contributed by atoms with Crippen molar-refractivity contribution in [1.29, 1.82) is 0 Å². The van der Waals surface area contributed by atoms with Crippen molar-refractivity contribution in [2.75, 3.05) is 13.7 Å². The SMILES string of the molecule is CCN(C=O)C(C)(C(=O)O)c1cc(C)ccc1OC. The van der Waals surface area contributed by atoms with Gasteiger partial charge in [-0.15, -0.1) is 0 Å². The Labute approximate surface area is 112 Å². The fourth-order valence-corrected chi connectivity index (χ4v) is 2.09. The number of aliphatic carboxylic acids is 1. The van der Waals surface area contributed by atoms with E-state index in [4.69, 9.17) is 4.74 Å². The zero-order chi connectivity index (χ0) is 14.6. The molecular formula is C14H19NO4. The van der Waals surface area contributed by atoms with Gasteiger partial charge in [0.1, 0.15) is 5.75 Å². The molecule has 0 bridgehead atoms. The molecule has 19 heavy (non-hydrogen) atoms. The Kier molecular flexibility index (Phi) is 4.53. The average molecular weight is 265 g/mol. The number of aryl methyl sites for hydroxylation is 1. The van der Waals surface area contributed by atoms with Crippen LogP contribution >= 0.6 is 0 Å². The number of benzene rings is 1. The van der Waals surface area contributed by atoms with E-state index in [1.54, 1.807) is 19.1 Å². The van der Waals surface area contributed by atoms with Crippen LogP contribution in [0.15, 0.2) is 18.2 Å². The van der Waals surface area contributed by atoms with Gasteiger partial charge >= 0.3 is 5.97 Å². The van der Waals surface area contributed by atoms with Crippen LogP contribution in [0.4, 0.5) is 0 Å². The van der Waals surface area contributed by atoms with Gasteiger partial charge in [0.25, 0.3) is 0 Å². The van der Waals surface area contributed by atoms with Crippen LogP contribution in [0.25, 0.3) is 0 Å². The van der Waals surface area contributed by atoms with Crippen molar-refractivity contribution in [3.05, 3.63) is 29.3 Å². The Bertz CT molecular complexity index is 486. The van der Waals surface area contributed by atoms with E-state index in [0.29, 0.717) is 24.3 Å². The van der Waals surface area contributed by atoms with Crippen molar-refractivity contribution in [1.82, 2.24) is 4.90 Å². The van der Waals surface area contributed by atoms with Gasteiger partial charge in [-0.25, -0.2) is 4.79 Å². The van der Waals surface area contributed by atoms with E-state index in [2.05, 4.69) is 0 Å². The number of rotatable bonds is 6. The van der Waals surface area contributed by atoms with Crippen LogP contribution in [-0.2, 0) is 15.1 Å². The lowest BCUT2D eigenvalue weighted by atomic mass is 9.88. The topological polar surface area (TPSA) is 66.8 Å². The number of carbonyl (C=O) groups excluding carboxylic acids is 1. The summed E-state index contributed by atoms with van der Waals surface area (Å²) in [5.41, 5.74) is -0.0740. The van der Waals surface area contributed by atoms with Gasteiger partial charge < -0.3 is 14.7 Å². The van der Waals surface area contributed by atoms with E-state index in [9.17, 15) is 14.7 Å². The highest BCUT2D eigenvalue weighted by atomic mass is 16.5. The zero-order valence-corrected chi connectivity index (χ0v) is 11.6. The van der Waals surface area contributed by atoms with E-state index in [1.165, 1.54) is 18.9 Å². The number of nitrogens with zero attached hydrogens (tertiary/aromatic N) is 1. The molecule has 0 saturated carbocycles. The molecule has 5 nitrogen and oxygen atoms in total. The van der Waals surface area contributed by atoms with Gasteiger partial charge in [0.2, 0.25) is 6.41 Å². The molecule has 0 saturated heterocycles. The van der Waals surface area contributed by atoms with Crippen LogP contribution in [-0.4, -0.2) is 36.0 Å². The third kappa shape index (κ3) is 2.54. The summed E-state index contributed by atoms with van der Waals surface area (Å²) in [6, 6.07) is 5.28. The third-order valence-corrected chi connectivity index (χ3v) is 3.34. The van der Waals surface area contributed by atoms with Crippen molar-refractivity contribution in [2.45, 2.75) is 26.3 Å². The lowest BCUT2D eigenvalue weighted by Crippen LogP contribution is -2.49. The molecule has 0 aliphatic carbocycles. The van der Waals surface area contributed by atoms with Crippen LogP contribution < -0.4 is 4.74 Å². The lowest BCUT2D eigenvalue weighted by molar-refractivity contribution is -0.154.